The zero-order valence-electron chi connectivity index (χ0n) is 10.7. The first-order valence-corrected chi connectivity index (χ1v) is 7.01. The number of benzene rings is 1. The van der Waals surface area contributed by atoms with Gasteiger partial charge in [0.15, 0.2) is 0 Å². The number of hydrogen-bond donors (Lipinski definition) is 2. The average Bonchev–Trinajstić information content (AvgIpc) is 2.93. The molecule has 96 valence electrons. The number of carbonyl (C=O) groups is 1. The van der Waals surface area contributed by atoms with Gasteiger partial charge in [-0.15, -0.1) is 0 Å². The van der Waals surface area contributed by atoms with Gasteiger partial charge in [0.25, 0.3) is 0 Å². The minimum Gasteiger partial charge on any atom is -0.385 e. The fourth-order valence-corrected chi connectivity index (χ4v) is 3.05. The third-order valence-electron chi connectivity index (χ3n) is 4.08. The maximum Gasteiger partial charge on any atom is 0.227 e. The summed E-state index contributed by atoms with van der Waals surface area (Å²) in [7, 11) is 0. The van der Waals surface area contributed by atoms with Gasteiger partial charge in [-0.3, -0.25) is 4.79 Å². The standard InChI is InChI=1S/C15H20N2O/c18-15(11-5-1-2-6-11)17-14-9-3-8-13-12(14)7-4-10-16-13/h3,8-9,11,16H,1-2,4-7,10H2,(H,17,18). The van der Waals surface area contributed by atoms with Crippen LogP contribution in [0.25, 0.3) is 0 Å². The lowest BCUT2D eigenvalue weighted by molar-refractivity contribution is -0.119. The lowest BCUT2D eigenvalue weighted by Crippen LogP contribution is -2.22. The summed E-state index contributed by atoms with van der Waals surface area (Å²) in [6, 6.07) is 6.14. The Bertz CT molecular complexity index is 450. The van der Waals surface area contributed by atoms with Gasteiger partial charge >= 0.3 is 0 Å². The first kappa shape index (κ1) is 11.6. The molecule has 1 aliphatic heterocycles. The Morgan fingerprint density at radius 1 is 1.22 bits per heavy atom. The van der Waals surface area contributed by atoms with Crippen LogP contribution in [0.1, 0.15) is 37.7 Å². The van der Waals surface area contributed by atoms with Crippen molar-refractivity contribution in [2.75, 3.05) is 17.2 Å². The van der Waals surface area contributed by atoms with E-state index >= 15 is 0 Å². The summed E-state index contributed by atoms with van der Waals surface area (Å²) in [5.74, 6) is 0.448. The molecule has 0 aromatic heterocycles. The van der Waals surface area contributed by atoms with Crippen molar-refractivity contribution >= 4 is 17.3 Å². The Labute approximate surface area is 108 Å². The SMILES string of the molecule is O=C(Nc1cccc2c1CCCN2)C1CCCC1. The monoisotopic (exact) mass is 244 g/mol. The molecule has 0 spiro atoms. The van der Waals surface area contributed by atoms with E-state index in [1.54, 1.807) is 0 Å². The van der Waals surface area contributed by atoms with Gasteiger partial charge in [0, 0.05) is 23.8 Å². The van der Waals surface area contributed by atoms with E-state index in [0.717, 1.165) is 37.9 Å². The third kappa shape index (κ3) is 2.22. The molecular formula is C15H20N2O. The predicted octanol–water partition coefficient (Wildman–Crippen LogP) is 3.17. The highest BCUT2D eigenvalue weighted by Crippen LogP contribution is 2.31. The maximum atomic E-state index is 12.2. The van der Waals surface area contributed by atoms with E-state index in [0.29, 0.717) is 0 Å². The van der Waals surface area contributed by atoms with Crippen molar-refractivity contribution in [3.05, 3.63) is 23.8 Å². The molecule has 0 atom stereocenters. The fourth-order valence-electron chi connectivity index (χ4n) is 3.05. The van der Waals surface area contributed by atoms with Crippen LogP contribution >= 0.6 is 0 Å². The topological polar surface area (TPSA) is 41.1 Å². The van der Waals surface area contributed by atoms with Crippen LogP contribution in [0.2, 0.25) is 0 Å². The second-order valence-electron chi connectivity index (χ2n) is 5.33. The van der Waals surface area contributed by atoms with Gasteiger partial charge in [0.1, 0.15) is 0 Å². The zero-order valence-corrected chi connectivity index (χ0v) is 10.7. The van der Waals surface area contributed by atoms with Crippen LogP contribution in [-0.2, 0) is 11.2 Å². The van der Waals surface area contributed by atoms with Crippen molar-refractivity contribution in [1.29, 1.82) is 0 Å². The third-order valence-corrected chi connectivity index (χ3v) is 4.08. The number of amides is 1. The van der Waals surface area contributed by atoms with Crippen molar-refractivity contribution in [1.82, 2.24) is 0 Å². The van der Waals surface area contributed by atoms with Crippen LogP contribution < -0.4 is 10.6 Å². The summed E-state index contributed by atoms with van der Waals surface area (Å²) in [4.78, 5) is 12.2. The normalized spacial score (nSPS) is 19.1. The Balaban J connectivity index is 1.77. The molecule has 1 aromatic carbocycles. The number of anilines is 2. The summed E-state index contributed by atoms with van der Waals surface area (Å²) < 4.78 is 0. The van der Waals surface area contributed by atoms with E-state index in [2.05, 4.69) is 16.7 Å². The Hall–Kier alpha value is -1.51. The van der Waals surface area contributed by atoms with Gasteiger partial charge in [-0.05, 0) is 43.4 Å². The predicted molar refractivity (Wildman–Crippen MR) is 73.8 cm³/mol. The average molecular weight is 244 g/mol. The van der Waals surface area contributed by atoms with Crippen LogP contribution in [0, 0.1) is 5.92 Å². The van der Waals surface area contributed by atoms with Crippen LogP contribution in [0.15, 0.2) is 18.2 Å². The Morgan fingerprint density at radius 3 is 2.89 bits per heavy atom. The zero-order chi connectivity index (χ0) is 12.4. The van der Waals surface area contributed by atoms with Gasteiger partial charge in [0.2, 0.25) is 5.91 Å². The molecule has 0 unspecified atom stereocenters. The highest BCUT2D eigenvalue weighted by atomic mass is 16.1. The van der Waals surface area contributed by atoms with Crippen LogP contribution in [0.5, 0.6) is 0 Å². The smallest absolute Gasteiger partial charge is 0.227 e. The van der Waals surface area contributed by atoms with Gasteiger partial charge in [-0.2, -0.15) is 0 Å². The summed E-state index contributed by atoms with van der Waals surface area (Å²) >= 11 is 0. The lowest BCUT2D eigenvalue weighted by atomic mass is 10.0. The van der Waals surface area contributed by atoms with E-state index in [-0.39, 0.29) is 11.8 Å². The lowest BCUT2D eigenvalue weighted by Gasteiger charge is -2.22. The van der Waals surface area contributed by atoms with Crippen LogP contribution in [-0.4, -0.2) is 12.5 Å². The van der Waals surface area contributed by atoms with Crippen molar-refractivity contribution in [3.8, 4) is 0 Å². The first-order valence-electron chi connectivity index (χ1n) is 7.01. The second kappa shape index (κ2) is 5.01. The van der Waals surface area contributed by atoms with Gasteiger partial charge in [0.05, 0.1) is 0 Å². The van der Waals surface area contributed by atoms with Gasteiger partial charge in [-0.1, -0.05) is 18.9 Å². The molecule has 1 fully saturated rings. The molecule has 2 N–H and O–H groups in total. The van der Waals surface area contributed by atoms with Crippen molar-refractivity contribution in [2.45, 2.75) is 38.5 Å². The molecule has 3 nitrogen and oxygen atoms in total. The number of fused-ring (bicyclic) bond motifs is 1. The molecule has 0 bridgehead atoms. The second-order valence-corrected chi connectivity index (χ2v) is 5.33. The minimum absolute atomic E-state index is 0.214. The molecule has 3 heteroatoms. The molecule has 1 saturated carbocycles. The molecular weight excluding hydrogens is 224 g/mol. The van der Waals surface area contributed by atoms with E-state index < -0.39 is 0 Å². The first-order chi connectivity index (χ1) is 8.84. The number of carbonyl (C=O) groups excluding carboxylic acids is 1. The molecule has 3 rings (SSSR count). The highest BCUT2D eigenvalue weighted by molar-refractivity contribution is 5.94. The maximum absolute atomic E-state index is 12.2. The van der Waals surface area contributed by atoms with Crippen molar-refractivity contribution in [3.63, 3.8) is 0 Å². The molecule has 1 heterocycles. The molecule has 18 heavy (non-hydrogen) atoms. The fraction of sp³-hybridized carbons (Fsp3) is 0.533. The number of nitrogens with one attached hydrogen (secondary N) is 2. The van der Waals surface area contributed by atoms with Crippen LogP contribution in [0.4, 0.5) is 11.4 Å². The summed E-state index contributed by atoms with van der Waals surface area (Å²) in [5.41, 5.74) is 3.47. The largest absolute Gasteiger partial charge is 0.385 e. The van der Waals surface area contributed by atoms with Crippen molar-refractivity contribution in [2.24, 2.45) is 5.92 Å². The van der Waals surface area contributed by atoms with E-state index in [1.807, 2.05) is 12.1 Å². The molecule has 0 radical (unpaired) electrons. The number of hydrogen-bond acceptors (Lipinski definition) is 2. The Kier molecular flexibility index (Phi) is 3.22. The molecule has 1 aromatic rings. The summed E-state index contributed by atoms with van der Waals surface area (Å²) in [6.45, 7) is 1.03. The molecule has 1 aliphatic carbocycles. The number of rotatable bonds is 2. The van der Waals surface area contributed by atoms with Gasteiger partial charge < -0.3 is 10.6 Å². The van der Waals surface area contributed by atoms with E-state index in [1.165, 1.54) is 24.1 Å². The van der Waals surface area contributed by atoms with E-state index in [9.17, 15) is 4.79 Å². The quantitative estimate of drug-likeness (QED) is 0.839. The highest BCUT2D eigenvalue weighted by Gasteiger charge is 2.23. The van der Waals surface area contributed by atoms with Gasteiger partial charge in [-0.25, -0.2) is 0 Å². The molecule has 1 amide bonds. The van der Waals surface area contributed by atoms with Crippen molar-refractivity contribution < 1.29 is 4.79 Å². The minimum atomic E-state index is 0.214. The van der Waals surface area contributed by atoms with E-state index in [4.69, 9.17) is 0 Å². The summed E-state index contributed by atoms with van der Waals surface area (Å²) in [5, 5.41) is 6.53. The Morgan fingerprint density at radius 2 is 2.06 bits per heavy atom. The van der Waals surface area contributed by atoms with Crippen LogP contribution in [0.3, 0.4) is 0 Å². The molecule has 0 saturated heterocycles. The summed E-state index contributed by atoms with van der Waals surface area (Å²) in [6.07, 6.45) is 6.71. The molecule has 2 aliphatic rings.